The number of hydrogen-bond acceptors (Lipinski definition) is 7. The standard InChI is InChI=1S/C18H25N5O3/c1-2-15-21-17(22-26-15)23-9-13(12-3-4-12)14(10-23)20-16(24)18(11-19)5-7-25-8-6-18/h12-14H,2-10H2,1H3,(H,20,24)/t13-,14+/m1/s1. The Bertz CT molecular complexity index is 702. The third kappa shape index (κ3) is 3.16. The highest BCUT2D eigenvalue weighted by atomic mass is 16.5. The van der Waals surface area contributed by atoms with E-state index in [1.54, 1.807) is 0 Å². The molecule has 4 rings (SSSR count). The summed E-state index contributed by atoms with van der Waals surface area (Å²) in [5.41, 5.74) is -0.957. The molecule has 0 spiro atoms. The molecule has 3 fully saturated rings. The van der Waals surface area contributed by atoms with Gasteiger partial charge in [0.15, 0.2) is 0 Å². The van der Waals surface area contributed by atoms with Crippen LogP contribution in [0.5, 0.6) is 0 Å². The van der Waals surface area contributed by atoms with Crippen molar-refractivity contribution in [3.8, 4) is 6.07 Å². The number of nitrogens with one attached hydrogen (secondary N) is 1. The molecule has 0 aromatic carbocycles. The summed E-state index contributed by atoms with van der Waals surface area (Å²) in [6, 6.07) is 2.28. The second-order valence-electron chi connectivity index (χ2n) is 7.63. The molecular formula is C18H25N5O3. The fourth-order valence-corrected chi connectivity index (χ4v) is 4.08. The SMILES string of the molecule is CCc1nc(N2C[C@H](NC(=O)C3(C#N)CCOCC3)[C@@H](C3CC3)C2)no1. The van der Waals surface area contributed by atoms with Gasteiger partial charge in [0.2, 0.25) is 11.8 Å². The quantitative estimate of drug-likeness (QED) is 0.844. The predicted octanol–water partition coefficient (Wildman–Crippen LogP) is 1.28. The molecule has 2 atom stereocenters. The van der Waals surface area contributed by atoms with Crippen molar-refractivity contribution in [3.05, 3.63) is 5.89 Å². The topological polar surface area (TPSA) is 104 Å². The third-order valence-electron chi connectivity index (χ3n) is 5.95. The Morgan fingerprint density at radius 1 is 1.38 bits per heavy atom. The number of hydrogen-bond donors (Lipinski definition) is 1. The molecule has 140 valence electrons. The summed E-state index contributed by atoms with van der Waals surface area (Å²) in [5.74, 6) is 2.09. The van der Waals surface area contributed by atoms with E-state index in [9.17, 15) is 10.1 Å². The Morgan fingerprint density at radius 2 is 2.15 bits per heavy atom. The Morgan fingerprint density at radius 3 is 2.77 bits per heavy atom. The second kappa shape index (κ2) is 6.88. The minimum Gasteiger partial charge on any atom is -0.381 e. The van der Waals surface area contributed by atoms with E-state index in [1.807, 2.05) is 6.92 Å². The molecule has 1 aromatic heterocycles. The average molecular weight is 359 g/mol. The van der Waals surface area contributed by atoms with Crippen molar-refractivity contribution in [2.24, 2.45) is 17.3 Å². The van der Waals surface area contributed by atoms with Crippen molar-refractivity contribution in [3.63, 3.8) is 0 Å². The van der Waals surface area contributed by atoms with E-state index in [4.69, 9.17) is 9.26 Å². The molecule has 0 unspecified atom stereocenters. The number of amides is 1. The maximum Gasteiger partial charge on any atom is 0.266 e. The zero-order valence-electron chi connectivity index (χ0n) is 15.1. The first-order chi connectivity index (χ1) is 12.6. The zero-order chi connectivity index (χ0) is 18.1. The Balaban J connectivity index is 1.47. The van der Waals surface area contributed by atoms with Crippen molar-refractivity contribution < 1.29 is 14.1 Å². The van der Waals surface area contributed by atoms with E-state index in [0.29, 0.717) is 62.7 Å². The molecule has 2 saturated heterocycles. The molecular weight excluding hydrogens is 334 g/mol. The predicted molar refractivity (Wildman–Crippen MR) is 92.1 cm³/mol. The molecule has 2 aliphatic heterocycles. The van der Waals surface area contributed by atoms with Crippen LogP contribution in [0.25, 0.3) is 0 Å². The van der Waals surface area contributed by atoms with E-state index in [1.165, 1.54) is 12.8 Å². The molecule has 8 nitrogen and oxygen atoms in total. The molecule has 8 heteroatoms. The van der Waals surface area contributed by atoms with Gasteiger partial charge in [-0.2, -0.15) is 10.2 Å². The summed E-state index contributed by atoms with van der Waals surface area (Å²) in [7, 11) is 0. The molecule has 1 aromatic rings. The van der Waals surface area contributed by atoms with E-state index < -0.39 is 5.41 Å². The first-order valence-electron chi connectivity index (χ1n) is 9.52. The maximum atomic E-state index is 12.9. The van der Waals surface area contributed by atoms with E-state index in [2.05, 4.69) is 26.4 Å². The van der Waals surface area contributed by atoms with E-state index in [-0.39, 0.29) is 11.9 Å². The van der Waals surface area contributed by atoms with Gasteiger partial charge in [0, 0.05) is 38.6 Å². The zero-order valence-corrected chi connectivity index (χ0v) is 15.1. The van der Waals surface area contributed by atoms with Crippen molar-refractivity contribution in [1.29, 1.82) is 5.26 Å². The van der Waals surface area contributed by atoms with Crippen molar-refractivity contribution in [2.75, 3.05) is 31.2 Å². The van der Waals surface area contributed by atoms with Crippen LogP contribution in [0.3, 0.4) is 0 Å². The first kappa shape index (κ1) is 17.3. The minimum atomic E-state index is -0.957. The number of carbonyl (C=O) groups excluding carboxylic acids is 1. The molecule has 26 heavy (non-hydrogen) atoms. The van der Waals surface area contributed by atoms with Gasteiger partial charge < -0.3 is 19.5 Å². The summed E-state index contributed by atoms with van der Waals surface area (Å²) in [6.45, 7) is 4.39. The molecule has 1 amide bonds. The fraction of sp³-hybridized carbons (Fsp3) is 0.778. The lowest BCUT2D eigenvalue weighted by Crippen LogP contribution is -2.50. The van der Waals surface area contributed by atoms with Crippen LogP contribution < -0.4 is 10.2 Å². The monoisotopic (exact) mass is 359 g/mol. The Kier molecular flexibility index (Phi) is 4.57. The molecule has 3 aliphatic rings. The normalized spacial score (nSPS) is 27.9. The summed E-state index contributed by atoms with van der Waals surface area (Å²) in [4.78, 5) is 19.5. The van der Waals surface area contributed by atoms with Gasteiger partial charge in [0.25, 0.3) is 5.95 Å². The fourth-order valence-electron chi connectivity index (χ4n) is 4.08. The molecule has 3 heterocycles. The molecule has 1 N–H and O–H groups in total. The lowest BCUT2D eigenvalue weighted by atomic mass is 9.80. The Hall–Kier alpha value is -2.14. The number of nitriles is 1. The summed E-state index contributed by atoms with van der Waals surface area (Å²) in [5, 5.41) is 16.9. The van der Waals surface area contributed by atoms with Crippen LogP contribution in [-0.4, -0.2) is 48.4 Å². The number of ether oxygens (including phenoxy) is 1. The maximum absolute atomic E-state index is 12.9. The van der Waals surface area contributed by atoms with Crippen LogP contribution in [0.15, 0.2) is 4.52 Å². The van der Waals surface area contributed by atoms with Gasteiger partial charge in [-0.05, 0) is 36.8 Å². The summed E-state index contributed by atoms with van der Waals surface area (Å²) >= 11 is 0. The van der Waals surface area contributed by atoms with Crippen LogP contribution in [0.1, 0.15) is 38.5 Å². The van der Waals surface area contributed by atoms with Crippen LogP contribution in [-0.2, 0) is 16.0 Å². The van der Waals surface area contributed by atoms with E-state index in [0.717, 1.165) is 6.54 Å². The highest BCUT2D eigenvalue weighted by Crippen LogP contribution is 2.42. The van der Waals surface area contributed by atoms with Gasteiger partial charge >= 0.3 is 0 Å². The van der Waals surface area contributed by atoms with Gasteiger partial charge in [-0.15, -0.1) is 0 Å². The van der Waals surface area contributed by atoms with Crippen LogP contribution in [0.2, 0.25) is 0 Å². The largest absolute Gasteiger partial charge is 0.381 e. The molecule has 0 bridgehead atoms. The summed E-state index contributed by atoms with van der Waals surface area (Å²) in [6.07, 6.45) is 4.04. The number of nitrogens with zero attached hydrogens (tertiary/aromatic N) is 4. The highest BCUT2D eigenvalue weighted by molar-refractivity contribution is 5.86. The van der Waals surface area contributed by atoms with Gasteiger partial charge in [-0.1, -0.05) is 6.92 Å². The summed E-state index contributed by atoms with van der Waals surface area (Å²) < 4.78 is 10.6. The van der Waals surface area contributed by atoms with Crippen molar-refractivity contribution in [2.45, 2.75) is 45.1 Å². The second-order valence-corrected chi connectivity index (χ2v) is 7.63. The van der Waals surface area contributed by atoms with Gasteiger partial charge in [0.1, 0.15) is 5.41 Å². The van der Waals surface area contributed by atoms with E-state index >= 15 is 0 Å². The van der Waals surface area contributed by atoms with Gasteiger partial charge in [-0.25, -0.2) is 0 Å². The number of anilines is 1. The number of carbonyl (C=O) groups is 1. The van der Waals surface area contributed by atoms with Crippen LogP contribution in [0.4, 0.5) is 5.95 Å². The number of rotatable bonds is 5. The molecule has 1 saturated carbocycles. The van der Waals surface area contributed by atoms with Crippen LogP contribution in [0, 0.1) is 28.6 Å². The molecule has 1 aliphatic carbocycles. The molecule has 0 radical (unpaired) electrons. The van der Waals surface area contributed by atoms with Crippen LogP contribution >= 0.6 is 0 Å². The van der Waals surface area contributed by atoms with Crippen molar-refractivity contribution >= 4 is 11.9 Å². The smallest absolute Gasteiger partial charge is 0.266 e. The van der Waals surface area contributed by atoms with Gasteiger partial charge in [-0.3, -0.25) is 4.79 Å². The highest BCUT2D eigenvalue weighted by Gasteiger charge is 2.47. The minimum absolute atomic E-state index is 0.0200. The van der Waals surface area contributed by atoms with Crippen molar-refractivity contribution in [1.82, 2.24) is 15.5 Å². The first-order valence-corrected chi connectivity index (χ1v) is 9.52. The van der Waals surface area contributed by atoms with Gasteiger partial charge in [0.05, 0.1) is 12.1 Å². The number of aryl methyl sites for hydroxylation is 1. The third-order valence-corrected chi connectivity index (χ3v) is 5.95. The lowest BCUT2D eigenvalue weighted by Gasteiger charge is -2.31. The number of aromatic nitrogens is 2. The lowest BCUT2D eigenvalue weighted by molar-refractivity contribution is -0.133. The average Bonchev–Trinajstić information content (AvgIpc) is 3.25. The Labute approximate surface area is 152 Å².